The smallest absolute Gasteiger partial charge is 0.227 e. The van der Waals surface area contributed by atoms with Crippen molar-refractivity contribution in [2.75, 3.05) is 5.32 Å². The Morgan fingerprint density at radius 1 is 1.10 bits per heavy atom. The van der Waals surface area contributed by atoms with Crippen molar-refractivity contribution in [3.8, 4) is 0 Å². The van der Waals surface area contributed by atoms with Crippen molar-refractivity contribution in [2.45, 2.75) is 38.5 Å². The highest BCUT2D eigenvalue weighted by molar-refractivity contribution is 6.30. The normalized spacial score (nSPS) is 20.4. The van der Waals surface area contributed by atoms with Crippen LogP contribution in [0.25, 0.3) is 10.9 Å². The summed E-state index contributed by atoms with van der Waals surface area (Å²) in [6, 6.07) is 14.1. The maximum Gasteiger partial charge on any atom is 0.227 e. The van der Waals surface area contributed by atoms with E-state index in [-0.39, 0.29) is 17.6 Å². The maximum absolute atomic E-state index is 13.5. The molecule has 3 aromatic rings. The Labute approximate surface area is 175 Å². The van der Waals surface area contributed by atoms with Gasteiger partial charge in [-0.25, -0.2) is 4.39 Å². The second kappa shape index (κ2) is 8.50. The molecule has 1 fully saturated rings. The van der Waals surface area contributed by atoms with Gasteiger partial charge in [-0.15, -0.1) is 0 Å². The van der Waals surface area contributed by atoms with Gasteiger partial charge in [0.15, 0.2) is 0 Å². The van der Waals surface area contributed by atoms with Crippen molar-refractivity contribution in [1.82, 2.24) is 4.98 Å². The SMILES string of the molecule is C[C@@H](C(=O)Nc1ccc(Cl)cc1)[C@H]1CC[C@H](c2ccnc3cc(F)ccc32)CC1. The molecule has 5 heteroatoms. The number of hydrogen-bond donors (Lipinski definition) is 1. The third-order valence-corrected chi connectivity index (χ3v) is 6.43. The number of anilines is 1. The van der Waals surface area contributed by atoms with Crippen molar-refractivity contribution in [1.29, 1.82) is 0 Å². The van der Waals surface area contributed by atoms with E-state index in [1.807, 2.05) is 25.1 Å². The van der Waals surface area contributed by atoms with Crippen molar-refractivity contribution < 1.29 is 9.18 Å². The fourth-order valence-corrected chi connectivity index (χ4v) is 4.56. The molecule has 1 heterocycles. The number of nitrogens with zero attached hydrogens (tertiary/aromatic N) is 1. The minimum atomic E-state index is -0.258. The van der Waals surface area contributed by atoms with Crippen LogP contribution in [0.3, 0.4) is 0 Å². The molecule has 1 atom stereocenters. The quantitative estimate of drug-likeness (QED) is 0.528. The van der Waals surface area contributed by atoms with Gasteiger partial charge in [-0.1, -0.05) is 18.5 Å². The zero-order chi connectivity index (χ0) is 20.4. The molecular weight excluding hydrogens is 387 g/mol. The Bertz CT molecular complexity index is 1010. The number of pyridine rings is 1. The number of amides is 1. The fraction of sp³-hybridized carbons (Fsp3) is 0.333. The molecule has 0 saturated heterocycles. The summed E-state index contributed by atoms with van der Waals surface area (Å²) in [4.78, 5) is 17.0. The zero-order valence-electron chi connectivity index (χ0n) is 16.4. The van der Waals surface area contributed by atoms with E-state index in [0.29, 0.717) is 22.4 Å². The van der Waals surface area contributed by atoms with Crippen molar-refractivity contribution in [2.24, 2.45) is 11.8 Å². The van der Waals surface area contributed by atoms with E-state index in [0.717, 1.165) is 36.8 Å². The lowest BCUT2D eigenvalue weighted by molar-refractivity contribution is -0.121. The number of nitrogens with one attached hydrogen (secondary N) is 1. The topological polar surface area (TPSA) is 42.0 Å². The lowest BCUT2D eigenvalue weighted by atomic mass is 9.73. The van der Waals surface area contributed by atoms with Crippen LogP contribution in [-0.4, -0.2) is 10.9 Å². The number of fused-ring (bicyclic) bond motifs is 1. The lowest BCUT2D eigenvalue weighted by Gasteiger charge is -2.32. The van der Waals surface area contributed by atoms with Crippen LogP contribution in [0, 0.1) is 17.7 Å². The molecule has 3 nitrogen and oxygen atoms in total. The van der Waals surface area contributed by atoms with E-state index in [2.05, 4.69) is 16.4 Å². The second-order valence-corrected chi connectivity index (χ2v) is 8.39. The average molecular weight is 411 g/mol. The van der Waals surface area contributed by atoms with Crippen LogP contribution < -0.4 is 5.32 Å². The zero-order valence-corrected chi connectivity index (χ0v) is 17.1. The van der Waals surface area contributed by atoms with Crippen LogP contribution in [0.1, 0.15) is 44.1 Å². The molecule has 2 aromatic carbocycles. The Hall–Kier alpha value is -2.46. The molecular formula is C24H24ClFN2O. The van der Waals surface area contributed by atoms with Gasteiger partial charge in [0.1, 0.15) is 5.82 Å². The van der Waals surface area contributed by atoms with Crippen molar-refractivity contribution in [3.63, 3.8) is 0 Å². The summed E-state index contributed by atoms with van der Waals surface area (Å²) >= 11 is 5.91. The molecule has 0 unspecified atom stereocenters. The van der Waals surface area contributed by atoms with Gasteiger partial charge in [0.05, 0.1) is 5.52 Å². The number of aromatic nitrogens is 1. The van der Waals surface area contributed by atoms with Crippen LogP contribution in [0.4, 0.5) is 10.1 Å². The largest absolute Gasteiger partial charge is 0.326 e. The molecule has 1 saturated carbocycles. The molecule has 1 aliphatic carbocycles. The Morgan fingerprint density at radius 3 is 2.55 bits per heavy atom. The lowest BCUT2D eigenvalue weighted by Crippen LogP contribution is -2.29. The minimum Gasteiger partial charge on any atom is -0.326 e. The van der Waals surface area contributed by atoms with Crippen LogP contribution >= 0.6 is 11.6 Å². The van der Waals surface area contributed by atoms with Gasteiger partial charge >= 0.3 is 0 Å². The van der Waals surface area contributed by atoms with E-state index in [1.165, 1.54) is 17.7 Å². The Morgan fingerprint density at radius 2 is 1.83 bits per heavy atom. The fourth-order valence-electron chi connectivity index (χ4n) is 4.43. The number of carbonyl (C=O) groups is 1. The molecule has 0 aliphatic heterocycles. The number of halogens is 2. The first-order chi connectivity index (χ1) is 14.0. The molecule has 0 spiro atoms. The predicted molar refractivity (Wildman–Crippen MR) is 116 cm³/mol. The van der Waals surface area contributed by atoms with Crippen LogP contribution in [-0.2, 0) is 4.79 Å². The van der Waals surface area contributed by atoms with Gasteiger partial charge in [-0.2, -0.15) is 0 Å². The van der Waals surface area contributed by atoms with Crippen molar-refractivity contribution in [3.05, 3.63) is 71.1 Å². The van der Waals surface area contributed by atoms with Gasteiger partial charge in [-0.3, -0.25) is 9.78 Å². The highest BCUT2D eigenvalue weighted by atomic mass is 35.5. The molecule has 29 heavy (non-hydrogen) atoms. The minimum absolute atomic E-state index is 0.0464. The second-order valence-electron chi connectivity index (χ2n) is 7.96. The van der Waals surface area contributed by atoms with Crippen LogP contribution in [0.15, 0.2) is 54.7 Å². The molecule has 0 bridgehead atoms. The van der Waals surface area contributed by atoms with Crippen LogP contribution in [0.5, 0.6) is 0 Å². The van der Waals surface area contributed by atoms with E-state index in [9.17, 15) is 9.18 Å². The maximum atomic E-state index is 13.5. The van der Waals surface area contributed by atoms with Gasteiger partial charge in [0, 0.05) is 34.3 Å². The van der Waals surface area contributed by atoms with Gasteiger partial charge < -0.3 is 5.32 Å². The number of carbonyl (C=O) groups excluding carboxylic acids is 1. The number of benzene rings is 2. The van der Waals surface area contributed by atoms with E-state index >= 15 is 0 Å². The summed E-state index contributed by atoms with van der Waals surface area (Å²) in [6.07, 6.45) is 5.83. The molecule has 1 amide bonds. The summed E-state index contributed by atoms with van der Waals surface area (Å²) in [6.45, 7) is 2.01. The summed E-state index contributed by atoms with van der Waals surface area (Å²) in [5.41, 5.74) is 2.72. The summed E-state index contributed by atoms with van der Waals surface area (Å²) < 4.78 is 13.5. The summed E-state index contributed by atoms with van der Waals surface area (Å²) in [5, 5.41) is 4.68. The predicted octanol–water partition coefficient (Wildman–Crippen LogP) is 6.58. The molecule has 1 aromatic heterocycles. The summed E-state index contributed by atoms with van der Waals surface area (Å²) in [7, 11) is 0. The number of rotatable bonds is 4. The first kappa shape index (κ1) is 19.8. The van der Waals surface area contributed by atoms with Crippen LogP contribution in [0.2, 0.25) is 5.02 Å². The molecule has 0 radical (unpaired) electrons. The van der Waals surface area contributed by atoms with Gasteiger partial charge in [-0.05, 0) is 85.5 Å². The van der Waals surface area contributed by atoms with Gasteiger partial charge in [0.25, 0.3) is 0 Å². The van der Waals surface area contributed by atoms with E-state index in [1.54, 1.807) is 18.3 Å². The van der Waals surface area contributed by atoms with Gasteiger partial charge in [0.2, 0.25) is 5.91 Å². The monoisotopic (exact) mass is 410 g/mol. The standard InChI is InChI=1S/C24H24ClFN2O/c1-15(24(29)28-20-9-6-18(25)7-10-20)16-2-4-17(5-3-16)21-12-13-27-23-14-19(26)8-11-22(21)23/h6-17H,2-5H2,1H3,(H,28,29)/t15-,16-,17-/m1/s1. The average Bonchev–Trinajstić information content (AvgIpc) is 2.74. The molecule has 150 valence electrons. The molecule has 1 N–H and O–H groups in total. The van der Waals surface area contributed by atoms with E-state index in [4.69, 9.17) is 11.6 Å². The first-order valence-corrected chi connectivity index (χ1v) is 10.5. The highest BCUT2D eigenvalue weighted by Gasteiger charge is 2.30. The third kappa shape index (κ3) is 4.43. The molecule has 1 aliphatic rings. The first-order valence-electron chi connectivity index (χ1n) is 10.1. The Balaban J connectivity index is 1.40. The highest BCUT2D eigenvalue weighted by Crippen LogP contribution is 2.40. The third-order valence-electron chi connectivity index (χ3n) is 6.18. The summed E-state index contributed by atoms with van der Waals surface area (Å²) in [5.74, 6) is 0.541. The Kier molecular flexibility index (Phi) is 5.81. The van der Waals surface area contributed by atoms with Crippen molar-refractivity contribution >= 4 is 34.1 Å². The van der Waals surface area contributed by atoms with E-state index < -0.39 is 0 Å². The molecule has 4 rings (SSSR count). The number of hydrogen-bond acceptors (Lipinski definition) is 2.